The summed E-state index contributed by atoms with van der Waals surface area (Å²) in [6.45, 7) is 4.02. The van der Waals surface area contributed by atoms with Gasteiger partial charge in [-0.2, -0.15) is 0 Å². The van der Waals surface area contributed by atoms with E-state index >= 15 is 0 Å². The van der Waals surface area contributed by atoms with E-state index in [9.17, 15) is 9.90 Å². The fourth-order valence-electron chi connectivity index (χ4n) is 1.95. The van der Waals surface area contributed by atoms with E-state index in [0.717, 1.165) is 5.56 Å². The quantitative estimate of drug-likeness (QED) is 0.877. The monoisotopic (exact) mass is 275 g/mol. The van der Waals surface area contributed by atoms with Crippen molar-refractivity contribution >= 4 is 5.97 Å². The topological polar surface area (TPSA) is 72.6 Å². The number of rotatable bonds is 6. The number of aliphatic carboxylic acids is 1. The molecule has 5 nitrogen and oxygen atoms in total. The molecular formula is C15H17NO4. The van der Waals surface area contributed by atoms with Crippen LogP contribution in [0.2, 0.25) is 0 Å². The molecule has 1 aromatic heterocycles. The first-order valence-corrected chi connectivity index (χ1v) is 6.44. The molecule has 2 rings (SSSR count). The van der Waals surface area contributed by atoms with Crippen LogP contribution < -0.4 is 4.74 Å². The van der Waals surface area contributed by atoms with Gasteiger partial charge in [-0.05, 0) is 16.6 Å². The zero-order chi connectivity index (χ0) is 14.5. The van der Waals surface area contributed by atoms with Crippen LogP contribution in [-0.4, -0.2) is 16.2 Å². The van der Waals surface area contributed by atoms with Gasteiger partial charge < -0.3 is 14.4 Å². The maximum Gasteiger partial charge on any atom is 0.314 e. The highest BCUT2D eigenvalue weighted by Gasteiger charge is 2.28. The van der Waals surface area contributed by atoms with Gasteiger partial charge in [0.15, 0.2) is 5.76 Å². The molecule has 0 amide bonds. The van der Waals surface area contributed by atoms with Crippen molar-refractivity contribution in [3.63, 3.8) is 0 Å². The Morgan fingerprint density at radius 3 is 2.65 bits per heavy atom. The van der Waals surface area contributed by atoms with Crippen molar-refractivity contribution in [1.29, 1.82) is 0 Å². The molecule has 1 unspecified atom stereocenters. The molecule has 1 atom stereocenters. The van der Waals surface area contributed by atoms with Crippen LogP contribution in [0.25, 0.3) is 0 Å². The van der Waals surface area contributed by atoms with Crippen molar-refractivity contribution in [2.75, 3.05) is 0 Å². The summed E-state index contributed by atoms with van der Waals surface area (Å²) in [6, 6.07) is 11.2. The van der Waals surface area contributed by atoms with Crippen LogP contribution in [0.15, 0.2) is 40.9 Å². The van der Waals surface area contributed by atoms with Gasteiger partial charge in [0, 0.05) is 6.07 Å². The van der Waals surface area contributed by atoms with Gasteiger partial charge in [0.25, 0.3) is 5.88 Å². The Hall–Kier alpha value is -2.30. The van der Waals surface area contributed by atoms with E-state index in [2.05, 4.69) is 5.16 Å². The van der Waals surface area contributed by atoms with Crippen molar-refractivity contribution in [3.05, 3.63) is 47.7 Å². The molecule has 1 aromatic carbocycles. The molecule has 20 heavy (non-hydrogen) atoms. The maximum absolute atomic E-state index is 11.2. The van der Waals surface area contributed by atoms with E-state index in [4.69, 9.17) is 9.26 Å². The van der Waals surface area contributed by atoms with Gasteiger partial charge in [0.1, 0.15) is 12.5 Å². The number of carbonyl (C=O) groups is 1. The SMILES string of the molecule is CC(C)C(C(=O)O)c1cc(OCc2ccccc2)no1. The van der Waals surface area contributed by atoms with Crippen LogP contribution >= 0.6 is 0 Å². The minimum atomic E-state index is -0.925. The van der Waals surface area contributed by atoms with Crippen molar-refractivity contribution in [2.45, 2.75) is 26.4 Å². The van der Waals surface area contributed by atoms with E-state index in [1.165, 1.54) is 0 Å². The lowest BCUT2D eigenvalue weighted by Gasteiger charge is -2.11. The van der Waals surface area contributed by atoms with E-state index in [0.29, 0.717) is 18.2 Å². The molecule has 2 aromatic rings. The second kappa shape index (κ2) is 6.23. The summed E-state index contributed by atoms with van der Waals surface area (Å²) in [5.41, 5.74) is 1.01. The van der Waals surface area contributed by atoms with Crippen LogP contribution in [0.1, 0.15) is 31.1 Å². The van der Waals surface area contributed by atoms with Crippen molar-refractivity contribution in [1.82, 2.24) is 5.16 Å². The summed E-state index contributed by atoms with van der Waals surface area (Å²) in [4.78, 5) is 11.2. The average molecular weight is 275 g/mol. The third kappa shape index (κ3) is 3.38. The minimum absolute atomic E-state index is 0.0811. The second-order valence-electron chi connectivity index (χ2n) is 4.90. The molecule has 0 radical (unpaired) electrons. The fraction of sp³-hybridized carbons (Fsp3) is 0.333. The Morgan fingerprint density at radius 1 is 1.35 bits per heavy atom. The number of benzene rings is 1. The fourth-order valence-corrected chi connectivity index (χ4v) is 1.95. The molecular weight excluding hydrogens is 258 g/mol. The lowest BCUT2D eigenvalue weighted by molar-refractivity contribution is -0.140. The molecule has 0 fully saturated rings. The van der Waals surface area contributed by atoms with Crippen LogP contribution in [0.4, 0.5) is 0 Å². The maximum atomic E-state index is 11.2. The molecule has 0 spiro atoms. The number of hydrogen-bond acceptors (Lipinski definition) is 4. The molecule has 106 valence electrons. The highest BCUT2D eigenvalue weighted by atomic mass is 16.5. The number of hydrogen-bond donors (Lipinski definition) is 1. The molecule has 0 saturated carbocycles. The summed E-state index contributed by atoms with van der Waals surface area (Å²) >= 11 is 0. The molecule has 5 heteroatoms. The van der Waals surface area contributed by atoms with Crippen LogP contribution in [0, 0.1) is 5.92 Å². The Morgan fingerprint density at radius 2 is 2.05 bits per heavy atom. The Balaban J connectivity index is 2.03. The van der Waals surface area contributed by atoms with E-state index < -0.39 is 11.9 Å². The zero-order valence-electron chi connectivity index (χ0n) is 11.4. The zero-order valence-corrected chi connectivity index (χ0v) is 11.4. The van der Waals surface area contributed by atoms with Crippen molar-refractivity contribution < 1.29 is 19.2 Å². The third-order valence-corrected chi connectivity index (χ3v) is 2.98. The van der Waals surface area contributed by atoms with E-state index in [1.54, 1.807) is 6.07 Å². The molecule has 0 bridgehead atoms. The number of aromatic nitrogens is 1. The Labute approximate surface area is 117 Å². The Kier molecular flexibility index (Phi) is 4.40. The largest absolute Gasteiger partial charge is 0.481 e. The molecule has 0 aliphatic rings. The highest BCUT2D eigenvalue weighted by Crippen LogP contribution is 2.27. The second-order valence-corrected chi connectivity index (χ2v) is 4.90. The number of ether oxygens (including phenoxy) is 1. The van der Waals surface area contributed by atoms with E-state index in [-0.39, 0.29) is 5.92 Å². The molecule has 1 N–H and O–H groups in total. The van der Waals surface area contributed by atoms with Gasteiger partial charge in [0.2, 0.25) is 0 Å². The first-order chi connectivity index (χ1) is 9.58. The molecule has 0 aliphatic heterocycles. The highest BCUT2D eigenvalue weighted by molar-refractivity contribution is 5.75. The van der Waals surface area contributed by atoms with Crippen LogP contribution in [0.5, 0.6) is 5.88 Å². The van der Waals surface area contributed by atoms with Crippen LogP contribution in [0.3, 0.4) is 0 Å². The summed E-state index contributed by atoms with van der Waals surface area (Å²) < 4.78 is 10.6. The average Bonchev–Trinajstić information content (AvgIpc) is 2.85. The lowest BCUT2D eigenvalue weighted by atomic mass is 9.94. The Bertz CT molecular complexity index is 562. The molecule has 0 aliphatic carbocycles. The minimum Gasteiger partial charge on any atom is -0.481 e. The summed E-state index contributed by atoms with van der Waals surface area (Å²) in [5.74, 6) is -1.10. The van der Waals surface area contributed by atoms with Gasteiger partial charge in [-0.1, -0.05) is 44.2 Å². The number of nitrogens with zero attached hydrogens (tertiary/aromatic N) is 1. The third-order valence-electron chi connectivity index (χ3n) is 2.98. The molecule has 1 heterocycles. The summed E-state index contributed by atoms with van der Waals surface area (Å²) in [5, 5.41) is 12.9. The normalized spacial score (nSPS) is 12.3. The van der Waals surface area contributed by atoms with Gasteiger partial charge in [-0.25, -0.2) is 0 Å². The molecule has 0 saturated heterocycles. The first kappa shape index (κ1) is 14.1. The predicted octanol–water partition coefficient (Wildman–Crippen LogP) is 3.08. The van der Waals surface area contributed by atoms with Gasteiger partial charge in [-0.15, -0.1) is 0 Å². The van der Waals surface area contributed by atoms with E-state index in [1.807, 2.05) is 44.2 Å². The number of carboxylic acid groups (broad SMARTS) is 1. The number of carboxylic acids is 1. The standard InChI is InChI=1S/C15H17NO4/c1-10(2)14(15(17)18)12-8-13(16-20-12)19-9-11-6-4-3-5-7-11/h3-8,10,14H,9H2,1-2H3,(H,17,18). The summed E-state index contributed by atoms with van der Waals surface area (Å²) in [7, 11) is 0. The van der Waals surface area contributed by atoms with Gasteiger partial charge >= 0.3 is 5.97 Å². The lowest BCUT2D eigenvalue weighted by Crippen LogP contribution is -2.16. The predicted molar refractivity (Wildman–Crippen MR) is 72.5 cm³/mol. The van der Waals surface area contributed by atoms with Gasteiger partial charge in [-0.3, -0.25) is 4.79 Å². The van der Waals surface area contributed by atoms with Crippen molar-refractivity contribution in [2.24, 2.45) is 5.92 Å². The smallest absolute Gasteiger partial charge is 0.314 e. The van der Waals surface area contributed by atoms with Gasteiger partial charge in [0.05, 0.1) is 0 Å². The van der Waals surface area contributed by atoms with Crippen LogP contribution in [-0.2, 0) is 11.4 Å². The van der Waals surface area contributed by atoms with Crippen molar-refractivity contribution in [3.8, 4) is 5.88 Å². The summed E-state index contributed by atoms with van der Waals surface area (Å²) in [6.07, 6.45) is 0. The first-order valence-electron chi connectivity index (χ1n) is 6.44.